The van der Waals surface area contributed by atoms with E-state index in [4.69, 9.17) is 4.74 Å². The van der Waals surface area contributed by atoms with Crippen molar-refractivity contribution in [3.8, 4) is 0 Å². The predicted octanol–water partition coefficient (Wildman–Crippen LogP) is 0.311. The van der Waals surface area contributed by atoms with Crippen molar-refractivity contribution in [3.63, 3.8) is 0 Å². The molecule has 96 valence electrons. The van der Waals surface area contributed by atoms with Gasteiger partial charge in [-0.3, -0.25) is 4.79 Å². The number of ether oxygens (including phenoxy) is 1. The minimum atomic E-state index is -0.616. The van der Waals surface area contributed by atoms with Gasteiger partial charge in [-0.2, -0.15) is 0 Å². The van der Waals surface area contributed by atoms with Crippen molar-refractivity contribution >= 4 is 18.3 Å². The summed E-state index contributed by atoms with van der Waals surface area (Å²) in [7, 11) is 0. The quantitative estimate of drug-likeness (QED) is 0.720. The summed E-state index contributed by atoms with van der Waals surface area (Å²) in [4.78, 5) is 35.0. The summed E-state index contributed by atoms with van der Waals surface area (Å²) in [6.07, 6.45) is 1.46. The zero-order valence-electron chi connectivity index (χ0n) is 10.1. The number of hydrogen-bond donors (Lipinski definition) is 1. The molecule has 1 rings (SSSR count). The Morgan fingerprint density at radius 1 is 1.53 bits per heavy atom. The Balaban J connectivity index is 2.34. The molecular weight excluding hydrogens is 224 g/mol. The molecule has 6 heteroatoms. The molecule has 1 N–H and O–H groups in total. The van der Waals surface area contributed by atoms with E-state index in [-0.39, 0.29) is 24.6 Å². The molecule has 1 atom stereocenters. The molecule has 0 spiro atoms. The van der Waals surface area contributed by atoms with E-state index in [2.05, 4.69) is 5.32 Å². The van der Waals surface area contributed by atoms with E-state index in [1.54, 1.807) is 13.8 Å². The summed E-state index contributed by atoms with van der Waals surface area (Å²) in [6, 6.07) is -0.342. The molecule has 0 radical (unpaired) electrons. The number of rotatable bonds is 4. The van der Waals surface area contributed by atoms with Gasteiger partial charge in [-0.05, 0) is 26.7 Å². The summed E-state index contributed by atoms with van der Waals surface area (Å²) in [5.74, 6) is -0.250. The first-order chi connectivity index (χ1) is 8.04. The van der Waals surface area contributed by atoms with Crippen LogP contribution in [0.25, 0.3) is 0 Å². The molecule has 1 aliphatic heterocycles. The Bertz CT molecular complexity index is 304. The van der Waals surface area contributed by atoms with Crippen LogP contribution in [0.5, 0.6) is 0 Å². The number of amides is 2. The standard InChI is InChI=1S/C11H18N2O4/c1-8(2)17-11(16)12-6-10(15)13-5-3-4-9(13)7-14/h7-9H,3-6H2,1-2H3,(H,12,16)/t9-/m0/s1. The SMILES string of the molecule is CC(C)OC(=O)NCC(=O)N1CCC[C@H]1C=O. The van der Waals surface area contributed by atoms with Gasteiger partial charge >= 0.3 is 6.09 Å². The Kier molecular flexibility index (Phi) is 4.93. The lowest BCUT2D eigenvalue weighted by Gasteiger charge is -2.20. The highest BCUT2D eigenvalue weighted by molar-refractivity contribution is 5.84. The van der Waals surface area contributed by atoms with Crippen LogP contribution < -0.4 is 5.32 Å². The number of carbonyl (C=O) groups is 3. The molecule has 1 heterocycles. The molecule has 0 aromatic rings. The monoisotopic (exact) mass is 242 g/mol. The van der Waals surface area contributed by atoms with E-state index >= 15 is 0 Å². The van der Waals surface area contributed by atoms with Gasteiger partial charge in [0.05, 0.1) is 12.1 Å². The third kappa shape index (κ3) is 4.05. The first kappa shape index (κ1) is 13.5. The number of nitrogens with zero attached hydrogens (tertiary/aromatic N) is 1. The molecule has 6 nitrogen and oxygen atoms in total. The molecule has 0 aromatic heterocycles. The van der Waals surface area contributed by atoms with Crippen LogP contribution in [0.2, 0.25) is 0 Å². The summed E-state index contributed by atoms with van der Waals surface area (Å²) in [5.41, 5.74) is 0. The average molecular weight is 242 g/mol. The number of alkyl carbamates (subject to hydrolysis) is 1. The summed E-state index contributed by atoms with van der Waals surface area (Å²) in [5, 5.41) is 2.37. The molecular formula is C11H18N2O4. The Morgan fingerprint density at radius 3 is 2.82 bits per heavy atom. The molecule has 0 aromatic carbocycles. The Labute approximate surface area is 100 Å². The van der Waals surface area contributed by atoms with Crippen LogP contribution in [0.1, 0.15) is 26.7 Å². The molecule has 0 bridgehead atoms. The van der Waals surface area contributed by atoms with Crippen LogP contribution in [0, 0.1) is 0 Å². The maximum absolute atomic E-state index is 11.7. The van der Waals surface area contributed by atoms with Crippen molar-refractivity contribution in [3.05, 3.63) is 0 Å². The van der Waals surface area contributed by atoms with Gasteiger partial charge in [0.2, 0.25) is 5.91 Å². The zero-order valence-corrected chi connectivity index (χ0v) is 10.1. The van der Waals surface area contributed by atoms with Crippen LogP contribution in [0.3, 0.4) is 0 Å². The smallest absolute Gasteiger partial charge is 0.407 e. The topological polar surface area (TPSA) is 75.7 Å². The molecule has 17 heavy (non-hydrogen) atoms. The Hall–Kier alpha value is -1.59. The van der Waals surface area contributed by atoms with Crippen LogP contribution in [-0.2, 0) is 14.3 Å². The van der Waals surface area contributed by atoms with Gasteiger partial charge in [0.25, 0.3) is 0 Å². The lowest BCUT2D eigenvalue weighted by molar-refractivity contribution is -0.133. The molecule has 2 amide bonds. The van der Waals surface area contributed by atoms with Crippen molar-refractivity contribution in [2.75, 3.05) is 13.1 Å². The lowest BCUT2D eigenvalue weighted by Crippen LogP contribution is -2.43. The second-order valence-electron chi connectivity index (χ2n) is 4.24. The first-order valence-electron chi connectivity index (χ1n) is 5.74. The van der Waals surface area contributed by atoms with Crippen LogP contribution >= 0.6 is 0 Å². The summed E-state index contributed by atoms with van der Waals surface area (Å²) < 4.78 is 4.83. The minimum absolute atomic E-state index is 0.129. The number of aldehydes is 1. The van der Waals surface area contributed by atoms with Gasteiger partial charge in [0, 0.05) is 6.54 Å². The zero-order chi connectivity index (χ0) is 12.8. The van der Waals surface area contributed by atoms with E-state index in [0.29, 0.717) is 13.0 Å². The molecule has 0 saturated carbocycles. The molecule has 1 fully saturated rings. The van der Waals surface area contributed by atoms with E-state index in [9.17, 15) is 14.4 Å². The highest BCUT2D eigenvalue weighted by Gasteiger charge is 2.28. The number of nitrogens with one attached hydrogen (secondary N) is 1. The van der Waals surface area contributed by atoms with Gasteiger partial charge in [-0.15, -0.1) is 0 Å². The van der Waals surface area contributed by atoms with Crippen LogP contribution in [0.15, 0.2) is 0 Å². The van der Waals surface area contributed by atoms with Crippen molar-refractivity contribution in [1.82, 2.24) is 10.2 Å². The predicted molar refractivity (Wildman–Crippen MR) is 60.4 cm³/mol. The first-order valence-corrected chi connectivity index (χ1v) is 5.74. The van der Waals surface area contributed by atoms with Crippen molar-refractivity contribution in [1.29, 1.82) is 0 Å². The highest BCUT2D eigenvalue weighted by atomic mass is 16.6. The van der Waals surface area contributed by atoms with Gasteiger partial charge in [-0.1, -0.05) is 0 Å². The third-order valence-corrected chi connectivity index (χ3v) is 2.50. The van der Waals surface area contributed by atoms with Gasteiger partial charge in [0.1, 0.15) is 12.8 Å². The molecule has 1 aliphatic rings. The normalized spacial score (nSPS) is 19.2. The van der Waals surface area contributed by atoms with Crippen molar-refractivity contribution in [2.24, 2.45) is 0 Å². The number of carbonyl (C=O) groups excluding carboxylic acids is 3. The summed E-state index contributed by atoms with van der Waals surface area (Å²) in [6.45, 7) is 3.90. The van der Waals surface area contributed by atoms with E-state index in [1.165, 1.54) is 4.90 Å². The molecule has 1 saturated heterocycles. The molecule has 0 aliphatic carbocycles. The number of likely N-dealkylation sites (tertiary alicyclic amines) is 1. The Morgan fingerprint density at radius 2 is 2.24 bits per heavy atom. The second kappa shape index (κ2) is 6.22. The van der Waals surface area contributed by atoms with Crippen molar-refractivity contribution in [2.45, 2.75) is 38.8 Å². The second-order valence-corrected chi connectivity index (χ2v) is 4.24. The maximum Gasteiger partial charge on any atom is 0.407 e. The maximum atomic E-state index is 11.7. The highest BCUT2D eigenvalue weighted by Crippen LogP contribution is 2.14. The van der Waals surface area contributed by atoms with Crippen LogP contribution in [0.4, 0.5) is 4.79 Å². The fourth-order valence-electron chi connectivity index (χ4n) is 1.75. The number of hydrogen-bond acceptors (Lipinski definition) is 4. The average Bonchev–Trinajstić information content (AvgIpc) is 2.72. The minimum Gasteiger partial charge on any atom is -0.447 e. The largest absolute Gasteiger partial charge is 0.447 e. The van der Waals surface area contributed by atoms with E-state index in [0.717, 1.165) is 12.7 Å². The van der Waals surface area contributed by atoms with Crippen molar-refractivity contribution < 1.29 is 19.1 Å². The van der Waals surface area contributed by atoms with Crippen LogP contribution in [-0.4, -0.2) is 48.4 Å². The fourth-order valence-corrected chi connectivity index (χ4v) is 1.75. The fraction of sp³-hybridized carbons (Fsp3) is 0.727. The molecule has 0 unspecified atom stereocenters. The van der Waals surface area contributed by atoms with Gasteiger partial charge in [-0.25, -0.2) is 4.79 Å². The van der Waals surface area contributed by atoms with Gasteiger partial charge < -0.3 is 19.7 Å². The van der Waals surface area contributed by atoms with E-state index < -0.39 is 6.09 Å². The summed E-state index contributed by atoms with van der Waals surface area (Å²) >= 11 is 0. The van der Waals surface area contributed by atoms with E-state index in [1.807, 2.05) is 0 Å². The third-order valence-electron chi connectivity index (χ3n) is 2.50. The lowest BCUT2D eigenvalue weighted by atomic mass is 10.2. The van der Waals surface area contributed by atoms with Gasteiger partial charge in [0.15, 0.2) is 0 Å².